The molecule has 0 bridgehead atoms. The van der Waals surface area contributed by atoms with E-state index in [1.54, 1.807) is 0 Å². The lowest BCUT2D eigenvalue weighted by Crippen LogP contribution is -2.36. The lowest BCUT2D eigenvalue weighted by Gasteiger charge is -2.20. The number of carbonyl (C=O) groups is 1. The van der Waals surface area contributed by atoms with Crippen LogP contribution in [0.5, 0.6) is 0 Å². The van der Waals surface area contributed by atoms with Crippen molar-refractivity contribution in [2.75, 3.05) is 5.43 Å². The molecule has 0 radical (unpaired) electrons. The van der Waals surface area contributed by atoms with E-state index >= 15 is 0 Å². The van der Waals surface area contributed by atoms with Crippen molar-refractivity contribution >= 4 is 11.9 Å². The smallest absolute Gasteiger partial charge is 0.242 e. The Kier molecular flexibility index (Phi) is 4.12. The Morgan fingerprint density at radius 2 is 1.78 bits per heavy atom. The fourth-order valence-corrected chi connectivity index (χ4v) is 2.37. The molecule has 0 aromatic carbocycles. The Morgan fingerprint density at radius 1 is 1.17 bits per heavy atom. The zero-order valence-corrected chi connectivity index (χ0v) is 11.0. The molecule has 1 heterocycles. The van der Waals surface area contributed by atoms with Crippen LogP contribution in [0.2, 0.25) is 0 Å². The van der Waals surface area contributed by atoms with Crippen molar-refractivity contribution in [2.24, 2.45) is 5.92 Å². The van der Waals surface area contributed by atoms with E-state index in [-0.39, 0.29) is 11.8 Å². The van der Waals surface area contributed by atoms with Crippen LogP contribution in [0.25, 0.3) is 0 Å². The Balaban J connectivity index is 1.88. The number of hydrazine groups is 1. The number of nitrogens with zero attached hydrogens (tertiary/aromatic N) is 2. The van der Waals surface area contributed by atoms with Crippen molar-refractivity contribution in [3.63, 3.8) is 0 Å². The molecule has 1 aromatic rings. The van der Waals surface area contributed by atoms with E-state index < -0.39 is 0 Å². The second-order valence-corrected chi connectivity index (χ2v) is 4.92. The van der Waals surface area contributed by atoms with Gasteiger partial charge < -0.3 is 0 Å². The van der Waals surface area contributed by atoms with Gasteiger partial charge in [0, 0.05) is 17.3 Å². The van der Waals surface area contributed by atoms with E-state index in [2.05, 4.69) is 20.8 Å². The summed E-state index contributed by atoms with van der Waals surface area (Å²) in [5.41, 5.74) is 7.28. The highest BCUT2D eigenvalue weighted by molar-refractivity contribution is 5.79. The number of hydrogen-bond acceptors (Lipinski definition) is 4. The van der Waals surface area contributed by atoms with Gasteiger partial charge in [-0.2, -0.15) is 0 Å². The van der Waals surface area contributed by atoms with Crippen LogP contribution in [0.4, 0.5) is 5.95 Å². The Hall–Kier alpha value is -1.65. The van der Waals surface area contributed by atoms with Gasteiger partial charge in [0.25, 0.3) is 0 Å². The Labute approximate surface area is 107 Å². The second kappa shape index (κ2) is 5.80. The molecule has 1 aliphatic carbocycles. The van der Waals surface area contributed by atoms with E-state index in [0.717, 1.165) is 37.1 Å². The van der Waals surface area contributed by atoms with Gasteiger partial charge in [0.1, 0.15) is 0 Å². The molecule has 1 aliphatic rings. The topological polar surface area (TPSA) is 66.9 Å². The van der Waals surface area contributed by atoms with Gasteiger partial charge in [-0.15, -0.1) is 0 Å². The summed E-state index contributed by atoms with van der Waals surface area (Å²) in [4.78, 5) is 20.3. The highest BCUT2D eigenvalue weighted by atomic mass is 16.2. The number of amides is 1. The molecule has 5 nitrogen and oxygen atoms in total. The maximum absolute atomic E-state index is 11.9. The quantitative estimate of drug-likeness (QED) is 0.804. The number of hydrogen-bond donors (Lipinski definition) is 2. The SMILES string of the molecule is Cc1cc(C)nc(NNC(=O)C2CCCCC2)n1. The third-order valence-electron chi connectivity index (χ3n) is 3.26. The maximum Gasteiger partial charge on any atom is 0.242 e. The third-order valence-corrected chi connectivity index (χ3v) is 3.26. The van der Waals surface area contributed by atoms with Crippen LogP contribution >= 0.6 is 0 Å². The summed E-state index contributed by atoms with van der Waals surface area (Å²) >= 11 is 0. The van der Waals surface area contributed by atoms with E-state index in [1.165, 1.54) is 6.42 Å². The van der Waals surface area contributed by atoms with Gasteiger partial charge >= 0.3 is 0 Å². The summed E-state index contributed by atoms with van der Waals surface area (Å²) in [6, 6.07) is 1.90. The molecule has 1 aromatic heterocycles. The van der Waals surface area contributed by atoms with Crippen molar-refractivity contribution in [3.8, 4) is 0 Å². The standard InChI is InChI=1S/C13H20N4O/c1-9-8-10(2)15-13(14-9)17-16-12(18)11-6-4-3-5-7-11/h8,11H,3-7H2,1-2H3,(H,16,18)(H,14,15,17). The van der Waals surface area contributed by atoms with Crippen LogP contribution in [-0.2, 0) is 4.79 Å². The number of carbonyl (C=O) groups excluding carboxylic acids is 1. The van der Waals surface area contributed by atoms with Gasteiger partial charge in [0.05, 0.1) is 0 Å². The first-order valence-corrected chi connectivity index (χ1v) is 6.53. The monoisotopic (exact) mass is 248 g/mol. The van der Waals surface area contributed by atoms with Crippen molar-refractivity contribution in [2.45, 2.75) is 46.0 Å². The number of aromatic nitrogens is 2. The molecule has 0 spiro atoms. The minimum absolute atomic E-state index is 0.0532. The van der Waals surface area contributed by atoms with Gasteiger partial charge in [-0.25, -0.2) is 9.97 Å². The molecule has 2 rings (SSSR count). The van der Waals surface area contributed by atoms with Crippen LogP contribution in [0.3, 0.4) is 0 Å². The lowest BCUT2D eigenvalue weighted by molar-refractivity contribution is -0.125. The van der Waals surface area contributed by atoms with Gasteiger partial charge in [0.15, 0.2) is 0 Å². The Morgan fingerprint density at radius 3 is 2.39 bits per heavy atom. The van der Waals surface area contributed by atoms with Crippen LogP contribution in [0.15, 0.2) is 6.07 Å². The molecule has 5 heteroatoms. The molecular formula is C13H20N4O. The van der Waals surface area contributed by atoms with Gasteiger partial charge in [-0.05, 0) is 32.8 Å². The number of aryl methyl sites for hydroxylation is 2. The van der Waals surface area contributed by atoms with Crippen molar-refractivity contribution < 1.29 is 4.79 Å². The second-order valence-electron chi connectivity index (χ2n) is 4.92. The van der Waals surface area contributed by atoms with Crippen LogP contribution in [0, 0.1) is 19.8 Å². The highest BCUT2D eigenvalue weighted by Crippen LogP contribution is 2.23. The number of anilines is 1. The number of rotatable bonds is 3. The summed E-state index contributed by atoms with van der Waals surface area (Å²) in [5.74, 6) is 0.645. The Bertz CT molecular complexity index is 407. The zero-order chi connectivity index (χ0) is 13.0. The predicted octanol–water partition coefficient (Wildman–Crippen LogP) is 2.12. The number of nitrogens with one attached hydrogen (secondary N) is 2. The summed E-state index contributed by atoms with van der Waals surface area (Å²) in [6.45, 7) is 3.81. The van der Waals surface area contributed by atoms with Crippen molar-refractivity contribution in [1.29, 1.82) is 0 Å². The average Bonchev–Trinajstić information content (AvgIpc) is 2.36. The zero-order valence-electron chi connectivity index (χ0n) is 11.0. The van der Waals surface area contributed by atoms with Crippen molar-refractivity contribution in [3.05, 3.63) is 17.5 Å². The van der Waals surface area contributed by atoms with E-state index in [4.69, 9.17) is 0 Å². The highest BCUT2D eigenvalue weighted by Gasteiger charge is 2.20. The normalized spacial score (nSPS) is 16.3. The van der Waals surface area contributed by atoms with Gasteiger partial charge in [-0.3, -0.25) is 15.6 Å². The van der Waals surface area contributed by atoms with E-state index in [1.807, 2.05) is 19.9 Å². The van der Waals surface area contributed by atoms with E-state index in [0.29, 0.717) is 5.95 Å². The molecule has 0 atom stereocenters. The molecule has 0 saturated heterocycles. The molecule has 98 valence electrons. The average molecular weight is 248 g/mol. The van der Waals surface area contributed by atoms with Crippen molar-refractivity contribution in [1.82, 2.24) is 15.4 Å². The van der Waals surface area contributed by atoms with Gasteiger partial charge in [0.2, 0.25) is 11.9 Å². The minimum atomic E-state index is 0.0532. The predicted molar refractivity (Wildman–Crippen MR) is 69.8 cm³/mol. The summed E-state index contributed by atoms with van der Waals surface area (Å²) in [5, 5.41) is 0. The molecule has 2 N–H and O–H groups in total. The summed E-state index contributed by atoms with van der Waals surface area (Å²) in [7, 11) is 0. The third kappa shape index (κ3) is 3.42. The molecule has 1 amide bonds. The first kappa shape index (κ1) is 12.8. The molecular weight excluding hydrogens is 228 g/mol. The summed E-state index contributed by atoms with van der Waals surface area (Å²) < 4.78 is 0. The first-order chi connectivity index (χ1) is 8.65. The van der Waals surface area contributed by atoms with E-state index in [9.17, 15) is 4.79 Å². The minimum Gasteiger partial charge on any atom is -0.273 e. The molecule has 1 saturated carbocycles. The first-order valence-electron chi connectivity index (χ1n) is 6.53. The summed E-state index contributed by atoms with van der Waals surface area (Å²) in [6.07, 6.45) is 5.52. The van der Waals surface area contributed by atoms with Crippen LogP contribution < -0.4 is 10.9 Å². The van der Waals surface area contributed by atoms with Gasteiger partial charge in [-0.1, -0.05) is 19.3 Å². The molecule has 0 unspecified atom stereocenters. The largest absolute Gasteiger partial charge is 0.273 e. The molecule has 1 fully saturated rings. The molecule has 0 aliphatic heterocycles. The fourth-order valence-electron chi connectivity index (χ4n) is 2.37. The lowest BCUT2D eigenvalue weighted by atomic mass is 9.89. The maximum atomic E-state index is 11.9. The fraction of sp³-hybridized carbons (Fsp3) is 0.615. The van der Waals surface area contributed by atoms with Crippen LogP contribution in [-0.4, -0.2) is 15.9 Å². The molecule has 18 heavy (non-hydrogen) atoms. The van der Waals surface area contributed by atoms with Crippen LogP contribution in [0.1, 0.15) is 43.5 Å².